The number of halogens is 1. The number of carbonyl (C=O) groups excluding carboxylic acids is 1. The number of amides is 1. The van der Waals surface area contributed by atoms with Crippen molar-refractivity contribution in [3.05, 3.63) is 99.8 Å². The zero-order valence-electron chi connectivity index (χ0n) is 19.2. The van der Waals surface area contributed by atoms with E-state index in [-0.39, 0.29) is 11.7 Å². The van der Waals surface area contributed by atoms with Crippen molar-refractivity contribution in [3.8, 4) is 0 Å². The molecule has 1 amide bonds. The van der Waals surface area contributed by atoms with Crippen LogP contribution >= 0.6 is 11.3 Å². The number of aryl methyl sites for hydroxylation is 2. The number of aromatic amines is 1. The molecule has 34 heavy (non-hydrogen) atoms. The first-order chi connectivity index (χ1) is 16.5. The molecule has 3 aromatic carbocycles. The van der Waals surface area contributed by atoms with Gasteiger partial charge in [-0.2, -0.15) is 0 Å². The maximum atomic E-state index is 13.2. The van der Waals surface area contributed by atoms with Gasteiger partial charge in [-0.25, -0.2) is 4.39 Å². The molecule has 0 spiro atoms. The predicted molar refractivity (Wildman–Crippen MR) is 139 cm³/mol. The minimum atomic E-state index is -0.360. The minimum Gasteiger partial charge on any atom is -0.358 e. The average molecular weight is 472 g/mol. The normalized spacial score (nSPS) is 11.4. The van der Waals surface area contributed by atoms with E-state index < -0.39 is 0 Å². The third-order valence-electron chi connectivity index (χ3n) is 6.26. The van der Waals surface area contributed by atoms with Gasteiger partial charge in [0.15, 0.2) is 0 Å². The summed E-state index contributed by atoms with van der Waals surface area (Å²) in [5.74, 6) is -0.616. The molecule has 5 aromatic rings. The number of benzene rings is 3. The van der Waals surface area contributed by atoms with Crippen LogP contribution in [0, 0.1) is 19.7 Å². The van der Waals surface area contributed by atoms with Crippen molar-refractivity contribution < 1.29 is 9.18 Å². The lowest BCUT2D eigenvalue weighted by atomic mass is 10.1. The van der Waals surface area contributed by atoms with Gasteiger partial charge in [-0.15, -0.1) is 11.3 Å². The van der Waals surface area contributed by atoms with Crippen LogP contribution in [0.5, 0.6) is 0 Å². The smallest absolute Gasteiger partial charge is 0.255 e. The van der Waals surface area contributed by atoms with E-state index in [1.165, 1.54) is 50.4 Å². The van der Waals surface area contributed by atoms with E-state index in [0.717, 1.165) is 41.8 Å². The van der Waals surface area contributed by atoms with Crippen molar-refractivity contribution in [3.63, 3.8) is 0 Å². The van der Waals surface area contributed by atoms with E-state index in [2.05, 4.69) is 53.7 Å². The Kier molecular flexibility index (Phi) is 6.18. The van der Waals surface area contributed by atoms with E-state index in [4.69, 9.17) is 0 Å². The van der Waals surface area contributed by atoms with Crippen molar-refractivity contribution in [1.29, 1.82) is 0 Å². The number of carbonyl (C=O) groups is 1. The second-order valence-electron chi connectivity index (χ2n) is 8.52. The number of nitrogens with one attached hydrogen (secondary N) is 3. The monoisotopic (exact) mass is 471 g/mol. The number of rotatable bonds is 7. The largest absolute Gasteiger partial charge is 0.358 e. The number of anilines is 1. The minimum absolute atomic E-state index is 0.256. The molecule has 5 rings (SSSR count). The van der Waals surface area contributed by atoms with Crippen LogP contribution in [0.3, 0.4) is 0 Å². The molecule has 0 saturated heterocycles. The topological polar surface area (TPSA) is 56.9 Å². The van der Waals surface area contributed by atoms with Gasteiger partial charge in [0.05, 0.1) is 0 Å². The number of H-pyrrole nitrogens is 1. The van der Waals surface area contributed by atoms with Crippen LogP contribution in [0.1, 0.15) is 32.1 Å². The SMILES string of the molecule is Cc1[nH]c2ccc(NC(=O)c3ccc(F)cc3)cc2c1CCNCc1sc2ccccc2c1C. The first-order valence-electron chi connectivity index (χ1n) is 11.4. The molecule has 0 aliphatic carbocycles. The van der Waals surface area contributed by atoms with Crippen molar-refractivity contribution in [2.24, 2.45) is 0 Å². The standard InChI is InChI=1S/C28H26FN3OS/c1-17-22-5-3-4-6-26(22)34-27(17)16-30-14-13-23-18(2)31-25-12-11-21(15-24(23)25)32-28(33)19-7-9-20(29)10-8-19/h3-12,15,30-31H,13-14,16H2,1-2H3,(H,32,33). The summed E-state index contributed by atoms with van der Waals surface area (Å²) < 4.78 is 14.5. The van der Waals surface area contributed by atoms with E-state index >= 15 is 0 Å². The van der Waals surface area contributed by atoms with Gasteiger partial charge < -0.3 is 15.6 Å². The zero-order chi connectivity index (χ0) is 23.7. The number of hydrogen-bond acceptors (Lipinski definition) is 3. The molecule has 0 unspecified atom stereocenters. The molecule has 172 valence electrons. The molecule has 0 fully saturated rings. The summed E-state index contributed by atoms with van der Waals surface area (Å²) in [5, 5.41) is 8.97. The van der Waals surface area contributed by atoms with Gasteiger partial charge in [0.25, 0.3) is 5.91 Å². The lowest BCUT2D eigenvalue weighted by Gasteiger charge is -2.08. The van der Waals surface area contributed by atoms with Gasteiger partial charge in [0, 0.05) is 44.0 Å². The summed E-state index contributed by atoms with van der Waals surface area (Å²) in [5.41, 5.74) is 5.93. The van der Waals surface area contributed by atoms with Gasteiger partial charge in [-0.05, 0) is 91.9 Å². The number of thiophene rings is 1. The van der Waals surface area contributed by atoms with E-state index in [1.807, 2.05) is 29.5 Å². The quantitative estimate of drug-likeness (QED) is 0.231. The Bertz CT molecular complexity index is 1480. The molecule has 2 heterocycles. The Labute approximate surface area is 201 Å². The number of aromatic nitrogens is 1. The maximum absolute atomic E-state index is 13.2. The first kappa shape index (κ1) is 22.3. The fraction of sp³-hybridized carbons (Fsp3) is 0.179. The van der Waals surface area contributed by atoms with Crippen molar-refractivity contribution in [2.75, 3.05) is 11.9 Å². The highest BCUT2D eigenvalue weighted by Crippen LogP contribution is 2.30. The van der Waals surface area contributed by atoms with E-state index in [0.29, 0.717) is 5.56 Å². The second kappa shape index (κ2) is 9.41. The summed E-state index contributed by atoms with van der Waals surface area (Å²) in [6.45, 7) is 5.99. The molecule has 0 radical (unpaired) electrons. The fourth-order valence-electron chi connectivity index (χ4n) is 4.40. The Morgan fingerprint density at radius 2 is 1.79 bits per heavy atom. The average Bonchev–Trinajstić information content (AvgIpc) is 3.32. The summed E-state index contributed by atoms with van der Waals surface area (Å²) in [4.78, 5) is 17.4. The van der Waals surface area contributed by atoms with Crippen LogP contribution < -0.4 is 10.6 Å². The van der Waals surface area contributed by atoms with Crippen LogP contribution in [0.4, 0.5) is 10.1 Å². The number of fused-ring (bicyclic) bond motifs is 2. The third kappa shape index (κ3) is 4.47. The van der Waals surface area contributed by atoms with Crippen molar-refractivity contribution in [2.45, 2.75) is 26.8 Å². The Morgan fingerprint density at radius 1 is 1.00 bits per heavy atom. The maximum Gasteiger partial charge on any atom is 0.255 e. The van der Waals surface area contributed by atoms with E-state index in [9.17, 15) is 9.18 Å². The zero-order valence-corrected chi connectivity index (χ0v) is 20.0. The highest BCUT2D eigenvalue weighted by molar-refractivity contribution is 7.19. The van der Waals surface area contributed by atoms with Crippen molar-refractivity contribution in [1.82, 2.24) is 10.3 Å². The molecule has 4 nitrogen and oxygen atoms in total. The number of hydrogen-bond donors (Lipinski definition) is 3. The lowest BCUT2D eigenvalue weighted by molar-refractivity contribution is 0.102. The highest BCUT2D eigenvalue weighted by Gasteiger charge is 2.12. The van der Waals surface area contributed by atoms with Crippen LogP contribution in [0.25, 0.3) is 21.0 Å². The molecule has 6 heteroatoms. The molecular weight excluding hydrogens is 445 g/mol. The molecule has 3 N–H and O–H groups in total. The fourth-order valence-corrected chi connectivity index (χ4v) is 5.58. The third-order valence-corrected chi connectivity index (χ3v) is 7.54. The highest BCUT2D eigenvalue weighted by atomic mass is 32.1. The molecular formula is C28H26FN3OS. The lowest BCUT2D eigenvalue weighted by Crippen LogP contribution is -2.16. The molecule has 0 atom stereocenters. The summed E-state index contributed by atoms with van der Waals surface area (Å²) in [6, 6.07) is 20.0. The van der Waals surface area contributed by atoms with E-state index in [1.54, 1.807) is 0 Å². The van der Waals surface area contributed by atoms with Gasteiger partial charge in [-0.1, -0.05) is 18.2 Å². The first-order valence-corrected chi connectivity index (χ1v) is 12.2. The summed E-state index contributed by atoms with van der Waals surface area (Å²) >= 11 is 1.85. The molecule has 0 aliphatic heterocycles. The summed E-state index contributed by atoms with van der Waals surface area (Å²) in [6.07, 6.45) is 0.880. The Hall–Kier alpha value is -3.48. The molecule has 2 aromatic heterocycles. The molecule has 0 aliphatic rings. The van der Waals surface area contributed by atoms with Gasteiger partial charge in [0.2, 0.25) is 0 Å². The predicted octanol–water partition coefficient (Wildman–Crippen LogP) is 6.72. The van der Waals surface area contributed by atoms with Gasteiger partial charge in [0.1, 0.15) is 5.82 Å². The molecule has 0 bridgehead atoms. The van der Waals surface area contributed by atoms with Crippen LogP contribution in [-0.2, 0) is 13.0 Å². The second-order valence-corrected chi connectivity index (χ2v) is 9.66. The van der Waals surface area contributed by atoms with Crippen LogP contribution in [0.15, 0.2) is 66.7 Å². The van der Waals surface area contributed by atoms with Crippen molar-refractivity contribution >= 4 is 43.9 Å². The Balaban J connectivity index is 1.27. The Morgan fingerprint density at radius 3 is 2.59 bits per heavy atom. The van der Waals surface area contributed by atoms with Gasteiger partial charge >= 0.3 is 0 Å². The van der Waals surface area contributed by atoms with Crippen LogP contribution in [-0.4, -0.2) is 17.4 Å². The van der Waals surface area contributed by atoms with Crippen LogP contribution in [0.2, 0.25) is 0 Å². The van der Waals surface area contributed by atoms with Gasteiger partial charge in [-0.3, -0.25) is 4.79 Å². The molecule has 0 saturated carbocycles. The summed E-state index contributed by atoms with van der Waals surface area (Å²) in [7, 11) is 0.